The average Bonchev–Trinajstić information content (AvgIpc) is 2.37. The molecule has 0 atom stereocenters. The van der Waals surface area contributed by atoms with Crippen molar-refractivity contribution < 1.29 is 4.79 Å². The van der Waals surface area contributed by atoms with Gasteiger partial charge in [0.2, 0.25) is 5.95 Å². The maximum Gasteiger partial charge on any atom is 0.252 e. The van der Waals surface area contributed by atoms with Crippen molar-refractivity contribution in [1.82, 2.24) is 9.97 Å². The Hall–Kier alpha value is -2.43. The second kappa shape index (κ2) is 5.91. The molecular formula is C16H20N4O. The van der Waals surface area contributed by atoms with Crippen molar-refractivity contribution in [2.24, 2.45) is 5.73 Å². The van der Waals surface area contributed by atoms with Crippen molar-refractivity contribution in [3.63, 3.8) is 0 Å². The van der Waals surface area contributed by atoms with E-state index < -0.39 is 5.91 Å². The fourth-order valence-corrected chi connectivity index (χ4v) is 1.94. The highest BCUT2D eigenvalue weighted by molar-refractivity contribution is 5.93. The summed E-state index contributed by atoms with van der Waals surface area (Å²) in [6.07, 6.45) is 2.03. The lowest BCUT2D eigenvalue weighted by molar-refractivity contribution is 0.0999. The monoisotopic (exact) mass is 284 g/mol. The SMILES string of the molecule is CC(C)(C)Nc1ncc(C(N)=O)c(Cc2ccccc2)n1. The van der Waals surface area contributed by atoms with Gasteiger partial charge in [-0.2, -0.15) is 0 Å². The Morgan fingerprint density at radius 3 is 2.48 bits per heavy atom. The number of nitrogens with one attached hydrogen (secondary N) is 1. The molecule has 1 heterocycles. The van der Waals surface area contributed by atoms with Crippen LogP contribution in [0.25, 0.3) is 0 Å². The minimum absolute atomic E-state index is 0.155. The van der Waals surface area contributed by atoms with Crippen molar-refractivity contribution in [2.45, 2.75) is 32.7 Å². The van der Waals surface area contributed by atoms with E-state index in [0.717, 1.165) is 5.56 Å². The summed E-state index contributed by atoms with van der Waals surface area (Å²) in [6, 6.07) is 9.84. The molecule has 0 saturated carbocycles. The van der Waals surface area contributed by atoms with Crippen molar-refractivity contribution in [3.05, 3.63) is 53.3 Å². The van der Waals surface area contributed by atoms with E-state index in [4.69, 9.17) is 5.73 Å². The number of hydrogen-bond donors (Lipinski definition) is 2. The van der Waals surface area contributed by atoms with Crippen LogP contribution in [0.4, 0.5) is 5.95 Å². The fourth-order valence-electron chi connectivity index (χ4n) is 1.94. The predicted octanol–water partition coefficient (Wildman–Crippen LogP) is 2.38. The first-order valence-corrected chi connectivity index (χ1v) is 6.83. The molecule has 0 bridgehead atoms. The second-order valence-corrected chi connectivity index (χ2v) is 5.96. The lowest BCUT2D eigenvalue weighted by Crippen LogP contribution is -2.28. The Labute approximate surface area is 124 Å². The number of carbonyl (C=O) groups excluding carboxylic acids is 1. The quantitative estimate of drug-likeness (QED) is 0.903. The van der Waals surface area contributed by atoms with Gasteiger partial charge < -0.3 is 11.1 Å². The maximum absolute atomic E-state index is 11.5. The Bertz CT molecular complexity index is 632. The van der Waals surface area contributed by atoms with E-state index in [0.29, 0.717) is 23.6 Å². The molecule has 0 saturated heterocycles. The molecule has 0 aliphatic heterocycles. The summed E-state index contributed by atoms with van der Waals surface area (Å²) in [4.78, 5) is 20.1. The predicted molar refractivity (Wildman–Crippen MR) is 83.2 cm³/mol. The number of nitrogens with two attached hydrogens (primary N) is 1. The van der Waals surface area contributed by atoms with Gasteiger partial charge in [-0.05, 0) is 26.3 Å². The molecule has 0 aliphatic carbocycles. The molecule has 5 nitrogen and oxygen atoms in total. The van der Waals surface area contributed by atoms with Gasteiger partial charge in [0.25, 0.3) is 5.91 Å². The van der Waals surface area contributed by atoms with Gasteiger partial charge >= 0.3 is 0 Å². The van der Waals surface area contributed by atoms with Gasteiger partial charge in [-0.15, -0.1) is 0 Å². The number of nitrogens with zero attached hydrogens (tertiary/aromatic N) is 2. The molecular weight excluding hydrogens is 264 g/mol. The normalized spacial score (nSPS) is 11.2. The molecule has 0 aliphatic rings. The Morgan fingerprint density at radius 2 is 1.90 bits per heavy atom. The van der Waals surface area contributed by atoms with Crippen LogP contribution in [0.5, 0.6) is 0 Å². The van der Waals surface area contributed by atoms with E-state index in [1.54, 1.807) is 0 Å². The van der Waals surface area contributed by atoms with Gasteiger partial charge in [0.15, 0.2) is 0 Å². The van der Waals surface area contributed by atoms with Crippen LogP contribution in [-0.2, 0) is 6.42 Å². The lowest BCUT2D eigenvalue weighted by atomic mass is 10.1. The Morgan fingerprint density at radius 1 is 1.24 bits per heavy atom. The van der Waals surface area contributed by atoms with Crippen LogP contribution in [0.3, 0.4) is 0 Å². The van der Waals surface area contributed by atoms with Crippen LogP contribution >= 0.6 is 0 Å². The summed E-state index contributed by atoms with van der Waals surface area (Å²) >= 11 is 0. The minimum atomic E-state index is -0.511. The number of benzene rings is 1. The largest absolute Gasteiger partial charge is 0.365 e. The van der Waals surface area contributed by atoms with Crippen molar-refractivity contribution in [2.75, 3.05) is 5.32 Å². The molecule has 5 heteroatoms. The highest BCUT2D eigenvalue weighted by atomic mass is 16.1. The molecule has 1 aromatic heterocycles. The van der Waals surface area contributed by atoms with Crippen LogP contribution in [0.2, 0.25) is 0 Å². The number of rotatable bonds is 4. The zero-order valence-corrected chi connectivity index (χ0v) is 12.6. The summed E-state index contributed by atoms with van der Waals surface area (Å²) < 4.78 is 0. The third-order valence-corrected chi connectivity index (χ3v) is 2.83. The van der Waals surface area contributed by atoms with Gasteiger partial charge in [0.1, 0.15) is 0 Å². The van der Waals surface area contributed by atoms with Gasteiger partial charge in [0, 0.05) is 18.2 Å². The van der Waals surface area contributed by atoms with E-state index in [1.807, 2.05) is 51.1 Å². The van der Waals surface area contributed by atoms with Gasteiger partial charge in [-0.25, -0.2) is 9.97 Å². The first-order chi connectivity index (χ1) is 9.85. The number of hydrogen-bond acceptors (Lipinski definition) is 4. The maximum atomic E-state index is 11.5. The number of anilines is 1. The highest BCUT2D eigenvalue weighted by Crippen LogP contribution is 2.15. The molecule has 0 radical (unpaired) electrons. The topological polar surface area (TPSA) is 80.9 Å². The zero-order chi connectivity index (χ0) is 15.5. The summed E-state index contributed by atoms with van der Waals surface area (Å²) in [5, 5.41) is 3.20. The lowest BCUT2D eigenvalue weighted by Gasteiger charge is -2.21. The first kappa shape index (κ1) is 15.0. The molecule has 0 fully saturated rings. The van der Waals surface area contributed by atoms with Crippen LogP contribution in [0.15, 0.2) is 36.5 Å². The Kier molecular flexibility index (Phi) is 4.21. The third kappa shape index (κ3) is 4.27. The van der Waals surface area contributed by atoms with E-state index in [9.17, 15) is 4.79 Å². The van der Waals surface area contributed by atoms with Crippen molar-refractivity contribution in [1.29, 1.82) is 0 Å². The van der Waals surface area contributed by atoms with Crippen molar-refractivity contribution >= 4 is 11.9 Å². The minimum Gasteiger partial charge on any atom is -0.365 e. The molecule has 1 aromatic carbocycles. The van der Waals surface area contributed by atoms with Crippen LogP contribution in [0, 0.1) is 0 Å². The molecule has 21 heavy (non-hydrogen) atoms. The number of carbonyl (C=O) groups is 1. The van der Waals surface area contributed by atoms with Gasteiger partial charge in [0.05, 0.1) is 11.3 Å². The molecule has 3 N–H and O–H groups in total. The van der Waals surface area contributed by atoms with E-state index in [1.165, 1.54) is 6.20 Å². The summed E-state index contributed by atoms with van der Waals surface area (Å²) in [5.74, 6) is -0.0123. The Balaban J connectivity index is 2.35. The number of aromatic nitrogens is 2. The molecule has 0 spiro atoms. The molecule has 0 unspecified atom stereocenters. The third-order valence-electron chi connectivity index (χ3n) is 2.83. The average molecular weight is 284 g/mol. The molecule has 2 rings (SSSR count). The zero-order valence-electron chi connectivity index (χ0n) is 12.6. The first-order valence-electron chi connectivity index (χ1n) is 6.83. The molecule has 110 valence electrons. The number of primary amides is 1. The van der Waals surface area contributed by atoms with Crippen LogP contribution in [0.1, 0.15) is 42.4 Å². The van der Waals surface area contributed by atoms with Crippen LogP contribution < -0.4 is 11.1 Å². The van der Waals surface area contributed by atoms with E-state index in [-0.39, 0.29) is 5.54 Å². The van der Waals surface area contributed by atoms with Gasteiger partial charge in [-0.1, -0.05) is 30.3 Å². The van der Waals surface area contributed by atoms with Crippen molar-refractivity contribution in [3.8, 4) is 0 Å². The summed E-state index contributed by atoms with van der Waals surface area (Å²) in [7, 11) is 0. The number of amides is 1. The van der Waals surface area contributed by atoms with Gasteiger partial charge in [-0.3, -0.25) is 4.79 Å². The second-order valence-electron chi connectivity index (χ2n) is 5.96. The van der Waals surface area contributed by atoms with Crippen LogP contribution in [-0.4, -0.2) is 21.4 Å². The summed E-state index contributed by atoms with van der Waals surface area (Å²) in [5.41, 5.74) is 7.32. The standard InChI is InChI=1S/C16H20N4O/c1-16(2,3)20-15-18-10-12(14(17)21)13(19-15)9-11-7-5-4-6-8-11/h4-8,10H,9H2,1-3H3,(H2,17,21)(H,18,19,20). The molecule has 1 amide bonds. The molecule has 2 aromatic rings. The fraction of sp³-hybridized carbons (Fsp3) is 0.312. The van der Waals surface area contributed by atoms with E-state index in [2.05, 4.69) is 15.3 Å². The smallest absolute Gasteiger partial charge is 0.252 e. The summed E-state index contributed by atoms with van der Waals surface area (Å²) in [6.45, 7) is 6.07. The highest BCUT2D eigenvalue weighted by Gasteiger charge is 2.16. The van der Waals surface area contributed by atoms with E-state index >= 15 is 0 Å².